The molecule has 9 heteroatoms. The molecule has 2 amide bonds. The zero-order valence-corrected chi connectivity index (χ0v) is 17.6. The van der Waals surface area contributed by atoms with Gasteiger partial charge in [0.15, 0.2) is 0 Å². The Hall–Kier alpha value is -3.17. The molecule has 0 aromatic heterocycles. The van der Waals surface area contributed by atoms with Gasteiger partial charge in [-0.3, -0.25) is 14.5 Å². The van der Waals surface area contributed by atoms with Crippen molar-refractivity contribution in [3.8, 4) is 5.75 Å². The number of carboxylic acid groups (broad SMARTS) is 1. The average Bonchev–Trinajstić information content (AvgIpc) is 2.99. The van der Waals surface area contributed by atoms with Gasteiger partial charge in [0.05, 0.1) is 17.6 Å². The summed E-state index contributed by atoms with van der Waals surface area (Å²) in [7, 11) is 1.58. The molecule has 0 atom stereocenters. The number of anilines is 1. The van der Waals surface area contributed by atoms with Crippen molar-refractivity contribution in [1.82, 2.24) is 4.90 Å². The third kappa shape index (κ3) is 5.25. The largest absolute Gasteiger partial charge is 0.497 e. The Balaban J connectivity index is 1.60. The Morgan fingerprint density at radius 2 is 1.97 bits per heavy atom. The first kappa shape index (κ1) is 21.5. The van der Waals surface area contributed by atoms with Gasteiger partial charge in [-0.15, -0.1) is 0 Å². The van der Waals surface area contributed by atoms with Gasteiger partial charge in [-0.1, -0.05) is 42.2 Å². The summed E-state index contributed by atoms with van der Waals surface area (Å²) in [6.07, 6.45) is 1.77. The lowest BCUT2D eigenvalue weighted by Crippen LogP contribution is -2.31. The molecule has 1 fully saturated rings. The summed E-state index contributed by atoms with van der Waals surface area (Å²) >= 11 is 6.48. The second kappa shape index (κ2) is 9.55. The summed E-state index contributed by atoms with van der Waals surface area (Å²) in [5.41, 5.74) is 1.30. The third-order valence-electron chi connectivity index (χ3n) is 4.24. The first-order valence-corrected chi connectivity index (χ1v) is 10.1. The van der Waals surface area contributed by atoms with Crippen LogP contribution in [-0.4, -0.2) is 45.8 Å². The molecule has 0 spiro atoms. The van der Waals surface area contributed by atoms with Crippen LogP contribution < -0.4 is 10.1 Å². The number of nitrogens with one attached hydrogen (secondary N) is 1. The van der Waals surface area contributed by atoms with E-state index >= 15 is 0 Å². The number of ether oxygens (including phenoxy) is 1. The zero-order chi connectivity index (χ0) is 21.7. The summed E-state index contributed by atoms with van der Waals surface area (Å²) in [4.78, 5) is 37.8. The molecule has 7 nitrogen and oxygen atoms in total. The highest BCUT2D eigenvalue weighted by Gasteiger charge is 2.32. The maximum Gasteiger partial charge on any atom is 0.335 e. The summed E-state index contributed by atoms with van der Waals surface area (Å²) in [5, 5.41) is 11.7. The van der Waals surface area contributed by atoms with Crippen LogP contribution in [-0.2, 0) is 9.59 Å². The smallest absolute Gasteiger partial charge is 0.335 e. The molecule has 0 saturated carbocycles. The Bertz CT molecular complexity index is 1030. The number of thiocarbonyl (C=S) groups is 1. The number of carboxylic acids is 1. The van der Waals surface area contributed by atoms with E-state index in [0.717, 1.165) is 11.3 Å². The molecule has 30 heavy (non-hydrogen) atoms. The number of aromatic carboxylic acids is 1. The predicted octanol–water partition coefficient (Wildman–Crippen LogP) is 3.62. The van der Waals surface area contributed by atoms with Crippen molar-refractivity contribution in [1.29, 1.82) is 0 Å². The second-order valence-electron chi connectivity index (χ2n) is 6.29. The number of hydrogen-bond acceptors (Lipinski definition) is 6. The number of benzene rings is 2. The van der Waals surface area contributed by atoms with Crippen molar-refractivity contribution in [2.75, 3.05) is 19.0 Å². The highest BCUT2D eigenvalue weighted by molar-refractivity contribution is 8.26. The van der Waals surface area contributed by atoms with E-state index < -0.39 is 5.97 Å². The zero-order valence-electron chi connectivity index (χ0n) is 16.0. The Morgan fingerprint density at radius 3 is 2.63 bits per heavy atom. The highest BCUT2D eigenvalue weighted by atomic mass is 32.2. The number of methoxy groups -OCH3 is 1. The van der Waals surface area contributed by atoms with E-state index in [0.29, 0.717) is 14.9 Å². The normalized spacial score (nSPS) is 14.8. The van der Waals surface area contributed by atoms with Gasteiger partial charge in [-0.25, -0.2) is 4.79 Å². The monoisotopic (exact) mass is 442 g/mol. The average molecular weight is 443 g/mol. The minimum absolute atomic E-state index is 0.0273. The number of thioether (sulfide) groups is 1. The van der Waals surface area contributed by atoms with Gasteiger partial charge in [0.1, 0.15) is 10.1 Å². The van der Waals surface area contributed by atoms with Crippen LogP contribution in [0, 0.1) is 0 Å². The molecule has 0 unspecified atom stereocenters. The van der Waals surface area contributed by atoms with Crippen molar-refractivity contribution in [2.24, 2.45) is 0 Å². The minimum Gasteiger partial charge on any atom is -0.497 e. The number of hydrogen-bond donors (Lipinski definition) is 2. The maximum atomic E-state index is 12.7. The number of amides is 2. The van der Waals surface area contributed by atoms with Crippen LogP contribution in [0.3, 0.4) is 0 Å². The molecule has 0 aliphatic carbocycles. The van der Waals surface area contributed by atoms with Gasteiger partial charge in [0.25, 0.3) is 5.91 Å². The van der Waals surface area contributed by atoms with Gasteiger partial charge in [0.2, 0.25) is 5.91 Å². The van der Waals surface area contributed by atoms with Gasteiger partial charge in [0, 0.05) is 18.7 Å². The van der Waals surface area contributed by atoms with Crippen LogP contribution in [0.25, 0.3) is 6.08 Å². The summed E-state index contributed by atoms with van der Waals surface area (Å²) in [5.74, 6) is -0.945. The minimum atomic E-state index is -1.08. The van der Waals surface area contributed by atoms with Crippen molar-refractivity contribution >= 4 is 57.8 Å². The van der Waals surface area contributed by atoms with Gasteiger partial charge < -0.3 is 15.2 Å². The van der Waals surface area contributed by atoms with Crippen LogP contribution in [0.2, 0.25) is 0 Å². The van der Waals surface area contributed by atoms with Crippen molar-refractivity contribution in [2.45, 2.75) is 6.42 Å². The number of nitrogens with zero attached hydrogens (tertiary/aromatic N) is 1. The molecule has 3 rings (SSSR count). The molecule has 0 radical (unpaired) electrons. The SMILES string of the molecule is COc1ccc(/C=C2/SC(=S)N(CCC(=O)Nc3cccc(C(=O)O)c3)C2=O)cc1. The fourth-order valence-corrected chi connectivity index (χ4v) is 4.02. The maximum absolute atomic E-state index is 12.7. The van der Waals surface area contributed by atoms with E-state index in [1.807, 2.05) is 12.1 Å². The lowest BCUT2D eigenvalue weighted by atomic mass is 10.2. The molecule has 2 aromatic carbocycles. The van der Waals surface area contributed by atoms with Crippen LogP contribution in [0.15, 0.2) is 53.4 Å². The molecule has 2 aromatic rings. The van der Waals surface area contributed by atoms with E-state index in [9.17, 15) is 14.4 Å². The standard InChI is InChI=1S/C21H18N2O5S2/c1-28-16-7-5-13(6-8-16)11-17-19(25)23(21(29)30-17)10-9-18(24)22-15-4-2-3-14(12-15)20(26)27/h2-8,11-12H,9-10H2,1H3,(H,22,24)(H,26,27)/b17-11+. The Labute approximate surface area is 182 Å². The first-order valence-electron chi connectivity index (χ1n) is 8.90. The summed E-state index contributed by atoms with van der Waals surface area (Å²) in [6, 6.07) is 13.2. The molecular weight excluding hydrogens is 424 g/mol. The van der Waals surface area contributed by atoms with Crippen LogP contribution >= 0.6 is 24.0 Å². The molecule has 0 bridgehead atoms. The summed E-state index contributed by atoms with van der Waals surface area (Å²) in [6.45, 7) is 0.134. The molecule has 154 valence electrons. The molecule has 1 aliphatic heterocycles. The number of carbonyl (C=O) groups excluding carboxylic acids is 2. The van der Waals surface area contributed by atoms with E-state index in [1.54, 1.807) is 37.5 Å². The Kier molecular flexibility index (Phi) is 6.86. The Morgan fingerprint density at radius 1 is 1.23 bits per heavy atom. The van der Waals surface area contributed by atoms with E-state index in [1.165, 1.54) is 28.8 Å². The van der Waals surface area contributed by atoms with E-state index in [-0.39, 0.29) is 30.3 Å². The quantitative estimate of drug-likeness (QED) is 0.499. The van der Waals surface area contributed by atoms with Crippen LogP contribution in [0.5, 0.6) is 5.75 Å². The van der Waals surface area contributed by atoms with Crippen molar-refractivity contribution < 1.29 is 24.2 Å². The lowest BCUT2D eigenvalue weighted by molar-refractivity contribution is -0.122. The fourth-order valence-electron chi connectivity index (χ4n) is 2.71. The molecule has 1 heterocycles. The third-order valence-corrected chi connectivity index (χ3v) is 5.62. The van der Waals surface area contributed by atoms with Gasteiger partial charge >= 0.3 is 5.97 Å². The van der Waals surface area contributed by atoms with Crippen molar-refractivity contribution in [3.05, 3.63) is 64.6 Å². The topological polar surface area (TPSA) is 95.9 Å². The molecule has 1 saturated heterocycles. The summed E-state index contributed by atoms with van der Waals surface area (Å²) < 4.78 is 5.51. The van der Waals surface area contributed by atoms with E-state index in [4.69, 9.17) is 22.1 Å². The lowest BCUT2D eigenvalue weighted by Gasteiger charge is -2.14. The van der Waals surface area contributed by atoms with Crippen LogP contribution in [0.4, 0.5) is 5.69 Å². The first-order chi connectivity index (χ1) is 14.4. The van der Waals surface area contributed by atoms with Crippen molar-refractivity contribution in [3.63, 3.8) is 0 Å². The predicted molar refractivity (Wildman–Crippen MR) is 120 cm³/mol. The second-order valence-corrected chi connectivity index (χ2v) is 7.97. The fraction of sp³-hybridized carbons (Fsp3) is 0.143. The number of rotatable bonds is 7. The molecule has 2 N–H and O–H groups in total. The van der Waals surface area contributed by atoms with Gasteiger partial charge in [-0.2, -0.15) is 0 Å². The molecular formula is C21H18N2O5S2. The number of carbonyl (C=O) groups is 3. The van der Waals surface area contributed by atoms with Gasteiger partial charge in [-0.05, 0) is 42.0 Å². The van der Waals surface area contributed by atoms with Crippen LogP contribution in [0.1, 0.15) is 22.3 Å². The highest BCUT2D eigenvalue weighted by Crippen LogP contribution is 2.32. The van der Waals surface area contributed by atoms with E-state index in [2.05, 4.69) is 5.32 Å². The molecule has 1 aliphatic rings.